The molecular formula is C14H16N2OWY-2. The third-order valence-corrected chi connectivity index (χ3v) is 1.46. The summed E-state index contributed by atoms with van der Waals surface area (Å²) in [6.07, 6.45) is 1.48. The number of hydrogen-bond donors (Lipinski definition) is 0. The van der Waals surface area contributed by atoms with Crippen molar-refractivity contribution in [3.05, 3.63) is 60.4 Å². The van der Waals surface area contributed by atoms with Gasteiger partial charge in [-0.25, -0.2) is 5.10 Å². The van der Waals surface area contributed by atoms with Gasteiger partial charge in [-0.1, -0.05) is 13.8 Å². The van der Waals surface area contributed by atoms with Crippen LogP contribution in [0, 0.1) is 12.1 Å². The summed E-state index contributed by atoms with van der Waals surface area (Å²) in [7, 11) is 0. The van der Waals surface area contributed by atoms with Gasteiger partial charge in [0, 0.05) is 59.5 Å². The molecule has 3 nitrogen and oxygen atoms in total. The number of carbonyl (C=O) groups is 1. The Kier molecular flexibility index (Phi) is 22.3. The molecule has 1 radical (unpaired) electrons. The molecule has 0 saturated carbocycles. The zero-order valence-electron chi connectivity index (χ0n) is 11.3. The average Bonchev–Trinajstić information content (AvgIpc) is 2.44. The van der Waals surface area contributed by atoms with Gasteiger partial charge in [0.25, 0.3) is 0 Å². The van der Waals surface area contributed by atoms with Gasteiger partial charge in [-0.15, -0.1) is 6.07 Å². The van der Waals surface area contributed by atoms with Crippen molar-refractivity contribution in [1.82, 2.24) is 10.2 Å². The standard InChI is InChI=1S/C6H5N2O.C6H5.C2H6.W.Y/c1-5(9)6-3-2-4-7-8-6;1-2-4-6-5-3-1;1-2;;/h2,4H,1H3;1-5H;1-2H3;;/q2*-1;;;. The number of hydrogen-bond acceptors (Lipinski definition) is 3. The Morgan fingerprint density at radius 3 is 1.89 bits per heavy atom. The molecule has 0 aliphatic heterocycles. The molecule has 0 bridgehead atoms. The van der Waals surface area contributed by atoms with Gasteiger partial charge in [0.2, 0.25) is 0 Å². The van der Waals surface area contributed by atoms with Gasteiger partial charge >= 0.3 is 0 Å². The molecular weight excluding hydrogens is 485 g/mol. The zero-order valence-corrected chi connectivity index (χ0v) is 17.1. The number of aromatic nitrogens is 2. The van der Waals surface area contributed by atoms with Crippen molar-refractivity contribution in [3.63, 3.8) is 0 Å². The number of ketones is 1. The van der Waals surface area contributed by atoms with Crippen LogP contribution in [0.25, 0.3) is 0 Å². The van der Waals surface area contributed by atoms with Crippen LogP contribution in [0.3, 0.4) is 0 Å². The first-order chi connectivity index (χ1) is 8.30. The molecule has 99 valence electrons. The third-order valence-electron chi connectivity index (χ3n) is 1.46. The monoisotopic (exact) mass is 501 g/mol. The van der Waals surface area contributed by atoms with E-state index in [1.54, 1.807) is 6.07 Å². The van der Waals surface area contributed by atoms with Gasteiger partial charge in [-0.2, -0.15) is 47.6 Å². The molecule has 0 aliphatic carbocycles. The Labute approximate surface area is 154 Å². The fourth-order valence-corrected chi connectivity index (χ4v) is 0.783. The minimum Gasteiger partial charge on any atom is -0.368 e. The second-order valence-electron chi connectivity index (χ2n) is 2.66. The minimum atomic E-state index is -0.108. The molecule has 1 aromatic heterocycles. The fourth-order valence-electron chi connectivity index (χ4n) is 0.783. The summed E-state index contributed by atoms with van der Waals surface area (Å²) in [5.74, 6) is -0.108. The van der Waals surface area contributed by atoms with Gasteiger partial charge in [-0.05, 0) is 13.1 Å². The van der Waals surface area contributed by atoms with Crippen LogP contribution in [0.15, 0.2) is 42.6 Å². The molecule has 2 rings (SSSR count). The maximum atomic E-state index is 10.5. The quantitative estimate of drug-likeness (QED) is 0.446. The molecule has 0 saturated heterocycles. The summed E-state index contributed by atoms with van der Waals surface area (Å²) in [6.45, 7) is 5.43. The summed E-state index contributed by atoms with van der Waals surface area (Å²) < 4.78 is 0. The first-order valence-corrected chi connectivity index (χ1v) is 5.42. The van der Waals surface area contributed by atoms with E-state index >= 15 is 0 Å². The maximum absolute atomic E-state index is 10.5. The summed E-state index contributed by atoms with van der Waals surface area (Å²) in [5.41, 5.74) is 0.289. The van der Waals surface area contributed by atoms with E-state index in [4.69, 9.17) is 0 Å². The van der Waals surface area contributed by atoms with Crippen LogP contribution in [0.2, 0.25) is 0 Å². The topological polar surface area (TPSA) is 42.9 Å². The van der Waals surface area contributed by atoms with Gasteiger partial charge in [0.15, 0.2) is 0 Å². The van der Waals surface area contributed by atoms with E-state index in [2.05, 4.69) is 22.3 Å². The smallest absolute Gasteiger partial charge is 0.0780 e. The van der Waals surface area contributed by atoms with Crippen LogP contribution >= 0.6 is 0 Å². The molecule has 1 aromatic carbocycles. The molecule has 0 atom stereocenters. The van der Waals surface area contributed by atoms with E-state index in [9.17, 15) is 4.79 Å². The third kappa shape index (κ3) is 14.0. The fraction of sp³-hybridized carbons (Fsp3) is 0.214. The Bertz CT molecular complexity index is 372. The van der Waals surface area contributed by atoms with Crippen molar-refractivity contribution in [3.8, 4) is 0 Å². The van der Waals surface area contributed by atoms with E-state index in [0.717, 1.165) is 0 Å². The van der Waals surface area contributed by atoms with Crippen molar-refractivity contribution in [2.24, 2.45) is 0 Å². The van der Waals surface area contributed by atoms with E-state index in [1.165, 1.54) is 13.1 Å². The molecule has 0 fully saturated rings. The number of nitrogens with zero attached hydrogens (tertiary/aromatic N) is 2. The number of benzene rings is 1. The van der Waals surface area contributed by atoms with Crippen molar-refractivity contribution in [1.29, 1.82) is 0 Å². The van der Waals surface area contributed by atoms with Crippen LogP contribution in [0.5, 0.6) is 0 Å². The van der Waals surface area contributed by atoms with Crippen molar-refractivity contribution in [2.45, 2.75) is 20.8 Å². The van der Waals surface area contributed by atoms with Crippen LogP contribution in [-0.4, -0.2) is 16.0 Å². The predicted octanol–water partition coefficient (Wildman–Crippen LogP) is 2.99. The minimum absolute atomic E-state index is 0. The molecule has 0 spiro atoms. The Balaban J connectivity index is -0.000000227. The van der Waals surface area contributed by atoms with E-state index in [1.807, 2.05) is 44.2 Å². The normalized spacial score (nSPS) is 7.11. The molecule has 19 heavy (non-hydrogen) atoms. The summed E-state index contributed by atoms with van der Waals surface area (Å²) in [5, 5.41) is 7.03. The SMILES string of the molecule is CC.CC(=O)c1[c-]ccnn1.[W].[Y].[c-]1ccccc1. The maximum Gasteiger partial charge on any atom is 0.0780 e. The van der Waals surface area contributed by atoms with Crippen molar-refractivity contribution >= 4 is 5.78 Å². The van der Waals surface area contributed by atoms with Crippen LogP contribution in [0.4, 0.5) is 0 Å². The molecule has 2 aromatic rings. The molecule has 0 unspecified atom stereocenters. The largest absolute Gasteiger partial charge is 0.368 e. The van der Waals surface area contributed by atoms with E-state index in [0.29, 0.717) is 0 Å². The Morgan fingerprint density at radius 1 is 1.11 bits per heavy atom. The van der Waals surface area contributed by atoms with Gasteiger partial charge < -0.3 is 4.79 Å². The van der Waals surface area contributed by atoms with Crippen LogP contribution in [0.1, 0.15) is 31.3 Å². The average molecular weight is 501 g/mol. The summed E-state index contributed by atoms with van der Waals surface area (Å²) in [4.78, 5) is 10.5. The molecule has 5 heteroatoms. The second kappa shape index (κ2) is 17.8. The first kappa shape index (κ1) is 23.8. The molecule has 0 amide bonds. The first-order valence-electron chi connectivity index (χ1n) is 5.42. The zero-order chi connectivity index (χ0) is 12.9. The number of carbonyl (C=O) groups excluding carboxylic acids is 1. The molecule has 0 aliphatic rings. The molecule has 1 heterocycles. The van der Waals surface area contributed by atoms with Crippen LogP contribution < -0.4 is 0 Å². The van der Waals surface area contributed by atoms with E-state index < -0.39 is 0 Å². The summed E-state index contributed by atoms with van der Waals surface area (Å²) >= 11 is 0. The summed E-state index contributed by atoms with van der Waals surface area (Å²) in [6, 6.07) is 16.7. The Hall–Kier alpha value is -0.238. The number of Topliss-reactive ketones (excluding diaryl/α,β-unsaturated/α-hetero) is 1. The van der Waals surface area contributed by atoms with Gasteiger partial charge in [0.05, 0.1) is 5.78 Å². The second-order valence-corrected chi connectivity index (χ2v) is 2.66. The number of rotatable bonds is 1. The van der Waals surface area contributed by atoms with Crippen LogP contribution in [-0.2, 0) is 53.8 Å². The van der Waals surface area contributed by atoms with E-state index in [-0.39, 0.29) is 65.3 Å². The van der Waals surface area contributed by atoms with Crippen molar-refractivity contribution < 1.29 is 58.6 Å². The molecule has 0 N–H and O–H groups in total. The Morgan fingerprint density at radius 2 is 1.68 bits per heavy atom. The predicted molar refractivity (Wildman–Crippen MR) is 67.5 cm³/mol. The van der Waals surface area contributed by atoms with Crippen molar-refractivity contribution in [2.75, 3.05) is 0 Å². The van der Waals surface area contributed by atoms with Gasteiger partial charge in [-0.3, -0.25) is 0 Å². The van der Waals surface area contributed by atoms with Gasteiger partial charge in [0.1, 0.15) is 0 Å².